The number of aliphatic carboxylic acids is 1. The quantitative estimate of drug-likeness (QED) is 0.317. The van der Waals surface area contributed by atoms with Gasteiger partial charge in [-0.15, -0.1) is 0 Å². The zero-order valence-corrected chi connectivity index (χ0v) is 8.88. The van der Waals surface area contributed by atoms with E-state index in [-0.39, 0.29) is 17.1 Å². The van der Waals surface area contributed by atoms with Crippen molar-refractivity contribution >= 4 is 18.0 Å². The van der Waals surface area contributed by atoms with Gasteiger partial charge in [0.2, 0.25) is 5.76 Å². The molecule has 0 unspecified atom stereocenters. The molecule has 0 saturated heterocycles. The maximum Gasteiger partial charge on any atom is 0.370 e. The number of carbonyl (C=O) groups excluding carboxylic acids is 1. The number of phenols is 1. The monoisotopic (exact) mass is 238 g/mol. The minimum absolute atomic E-state index is 0.0980. The fourth-order valence-electron chi connectivity index (χ4n) is 1.08. The summed E-state index contributed by atoms with van der Waals surface area (Å²) in [6.07, 6.45) is 0.884. The zero-order valence-electron chi connectivity index (χ0n) is 8.88. The minimum Gasteiger partial charge on any atom is -0.507 e. The van der Waals surface area contributed by atoms with Gasteiger partial charge in [-0.05, 0) is 18.2 Å². The van der Waals surface area contributed by atoms with E-state index < -0.39 is 17.7 Å². The molecular formula is C11H10O6. The predicted octanol–water partition coefficient (Wildman–Crippen LogP) is 1.30. The second-order valence-corrected chi connectivity index (χ2v) is 3.15. The number of carboxylic acids is 1. The van der Waals surface area contributed by atoms with Crippen molar-refractivity contribution in [1.29, 1.82) is 0 Å². The second kappa shape index (κ2) is 5.02. The predicted molar refractivity (Wildman–Crippen MR) is 57.7 cm³/mol. The summed E-state index contributed by atoms with van der Waals surface area (Å²) in [5.74, 6) is -3.13. The molecule has 0 heterocycles. The summed E-state index contributed by atoms with van der Waals surface area (Å²) in [4.78, 5) is 21.0. The molecule has 0 aliphatic heterocycles. The molecule has 0 fully saturated rings. The maximum atomic E-state index is 10.6. The molecule has 0 spiro atoms. The van der Waals surface area contributed by atoms with Crippen LogP contribution in [-0.4, -0.2) is 27.3 Å². The van der Waals surface area contributed by atoms with Crippen LogP contribution < -0.4 is 4.74 Å². The number of carboxylic acid groups (broad SMARTS) is 1. The molecule has 0 aliphatic rings. The Balaban J connectivity index is 3.02. The Kier molecular flexibility index (Phi) is 3.71. The van der Waals surface area contributed by atoms with E-state index in [0.717, 1.165) is 12.1 Å². The van der Waals surface area contributed by atoms with Crippen molar-refractivity contribution in [1.82, 2.24) is 0 Å². The molecule has 90 valence electrons. The lowest BCUT2D eigenvalue weighted by atomic mass is 10.1. The Labute approximate surface area is 96.4 Å². The van der Waals surface area contributed by atoms with Gasteiger partial charge in [0.15, 0.2) is 0 Å². The molecule has 0 bridgehead atoms. The first-order valence-corrected chi connectivity index (χ1v) is 4.55. The zero-order chi connectivity index (χ0) is 13.0. The van der Waals surface area contributed by atoms with Crippen LogP contribution >= 0.6 is 0 Å². The lowest BCUT2D eigenvalue weighted by Crippen LogP contribution is -2.01. The fourth-order valence-corrected chi connectivity index (χ4v) is 1.08. The van der Waals surface area contributed by atoms with Gasteiger partial charge < -0.3 is 20.1 Å². The van der Waals surface area contributed by atoms with Gasteiger partial charge in [-0.1, -0.05) is 0 Å². The first-order chi connectivity index (χ1) is 7.90. The molecular weight excluding hydrogens is 228 g/mol. The number of ether oxygens (including phenoxy) is 1. The van der Waals surface area contributed by atoms with E-state index in [2.05, 4.69) is 0 Å². The molecule has 6 heteroatoms. The number of phenolic OH excluding ortho intramolecular Hbond substituents is 1. The van der Waals surface area contributed by atoms with Crippen molar-refractivity contribution in [3.63, 3.8) is 0 Å². The fraction of sp³-hybridized carbons (Fsp3) is 0.0909. The van der Waals surface area contributed by atoms with Crippen LogP contribution in [0.2, 0.25) is 0 Å². The normalized spacial score (nSPS) is 11.0. The number of benzene rings is 1. The molecule has 1 aromatic carbocycles. The molecule has 0 aromatic heterocycles. The highest BCUT2D eigenvalue weighted by Crippen LogP contribution is 2.25. The van der Waals surface area contributed by atoms with Crippen molar-refractivity contribution in [3.8, 4) is 11.5 Å². The number of esters is 1. The molecule has 1 rings (SSSR count). The van der Waals surface area contributed by atoms with E-state index in [1.807, 2.05) is 0 Å². The summed E-state index contributed by atoms with van der Waals surface area (Å²) >= 11 is 0. The number of hydrogen-bond donors (Lipinski definition) is 3. The Hall–Kier alpha value is -2.50. The van der Waals surface area contributed by atoms with Crippen LogP contribution in [0.5, 0.6) is 11.5 Å². The number of aliphatic hydroxyl groups excluding tert-OH is 1. The third-order valence-corrected chi connectivity index (χ3v) is 1.77. The second-order valence-electron chi connectivity index (χ2n) is 3.15. The molecule has 0 amide bonds. The minimum atomic E-state index is -1.51. The molecule has 6 nitrogen and oxygen atoms in total. The van der Waals surface area contributed by atoms with E-state index in [1.165, 1.54) is 19.1 Å². The Morgan fingerprint density at radius 1 is 1.29 bits per heavy atom. The van der Waals surface area contributed by atoms with Crippen LogP contribution in [0, 0.1) is 0 Å². The number of hydrogen-bond acceptors (Lipinski definition) is 5. The van der Waals surface area contributed by atoms with Gasteiger partial charge in [0.1, 0.15) is 11.5 Å². The topological polar surface area (TPSA) is 104 Å². The molecule has 0 saturated carbocycles. The summed E-state index contributed by atoms with van der Waals surface area (Å²) in [6.45, 7) is 1.21. The number of rotatable bonds is 3. The summed E-state index contributed by atoms with van der Waals surface area (Å²) in [6, 6.07) is 3.82. The van der Waals surface area contributed by atoms with Crippen molar-refractivity contribution in [2.75, 3.05) is 0 Å². The summed E-state index contributed by atoms with van der Waals surface area (Å²) in [5.41, 5.74) is 0.0980. The van der Waals surface area contributed by atoms with E-state index in [4.69, 9.17) is 14.9 Å². The lowest BCUT2D eigenvalue weighted by Gasteiger charge is -2.04. The van der Waals surface area contributed by atoms with E-state index in [1.54, 1.807) is 0 Å². The van der Waals surface area contributed by atoms with E-state index in [9.17, 15) is 14.7 Å². The third-order valence-electron chi connectivity index (χ3n) is 1.77. The van der Waals surface area contributed by atoms with Crippen molar-refractivity contribution in [2.24, 2.45) is 0 Å². The van der Waals surface area contributed by atoms with Gasteiger partial charge in [-0.25, -0.2) is 4.79 Å². The molecule has 0 aliphatic carbocycles. The summed E-state index contributed by atoms with van der Waals surface area (Å²) < 4.78 is 4.70. The van der Waals surface area contributed by atoms with Gasteiger partial charge in [-0.3, -0.25) is 4.79 Å². The van der Waals surface area contributed by atoms with Crippen LogP contribution in [0.15, 0.2) is 24.0 Å². The Morgan fingerprint density at radius 2 is 1.94 bits per heavy atom. The van der Waals surface area contributed by atoms with Crippen molar-refractivity contribution < 1.29 is 29.6 Å². The van der Waals surface area contributed by atoms with Gasteiger partial charge in [0.25, 0.3) is 0 Å². The molecule has 0 atom stereocenters. The highest BCUT2D eigenvalue weighted by atomic mass is 16.5. The highest BCUT2D eigenvalue weighted by molar-refractivity contribution is 5.89. The summed E-state index contributed by atoms with van der Waals surface area (Å²) in [5, 5.41) is 26.9. The van der Waals surface area contributed by atoms with Crippen molar-refractivity contribution in [3.05, 3.63) is 29.5 Å². The van der Waals surface area contributed by atoms with Crippen molar-refractivity contribution in [2.45, 2.75) is 6.92 Å². The van der Waals surface area contributed by atoms with Crippen LogP contribution in [0.25, 0.3) is 6.08 Å². The number of aromatic hydroxyl groups is 1. The van der Waals surface area contributed by atoms with Gasteiger partial charge >= 0.3 is 11.9 Å². The largest absolute Gasteiger partial charge is 0.507 e. The Bertz CT molecular complexity index is 489. The molecule has 0 radical (unpaired) electrons. The smallest absolute Gasteiger partial charge is 0.370 e. The first kappa shape index (κ1) is 12.6. The highest BCUT2D eigenvalue weighted by Gasteiger charge is 2.08. The average molecular weight is 238 g/mol. The average Bonchev–Trinajstić information content (AvgIpc) is 2.20. The summed E-state index contributed by atoms with van der Waals surface area (Å²) in [7, 11) is 0. The van der Waals surface area contributed by atoms with Gasteiger partial charge in [-0.2, -0.15) is 0 Å². The van der Waals surface area contributed by atoms with Crippen LogP contribution in [0.3, 0.4) is 0 Å². The van der Waals surface area contributed by atoms with Crippen LogP contribution in [-0.2, 0) is 9.59 Å². The van der Waals surface area contributed by atoms with E-state index in [0.29, 0.717) is 0 Å². The molecule has 17 heavy (non-hydrogen) atoms. The Morgan fingerprint density at radius 3 is 2.41 bits per heavy atom. The van der Waals surface area contributed by atoms with Gasteiger partial charge in [0, 0.05) is 18.6 Å². The van der Waals surface area contributed by atoms with Crippen LogP contribution in [0.1, 0.15) is 12.5 Å². The third kappa shape index (κ3) is 3.53. The SMILES string of the molecule is CC(=O)Oc1ccc(/C=C(\O)C(=O)O)c(O)c1. The lowest BCUT2D eigenvalue weighted by molar-refractivity contribution is -0.135. The maximum absolute atomic E-state index is 10.6. The van der Waals surface area contributed by atoms with Crippen LogP contribution in [0.4, 0.5) is 0 Å². The first-order valence-electron chi connectivity index (χ1n) is 4.55. The van der Waals surface area contributed by atoms with Gasteiger partial charge in [0.05, 0.1) is 0 Å². The standard InChI is InChI=1S/C11H10O6/c1-6(12)17-8-3-2-7(9(13)5-8)4-10(14)11(15)16/h2-5,13-14H,1H3,(H,15,16)/b10-4-. The number of aliphatic hydroxyl groups is 1. The number of carbonyl (C=O) groups is 2. The molecule has 1 aromatic rings. The molecule has 3 N–H and O–H groups in total. The van der Waals surface area contributed by atoms with E-state index >= 15 is 0 Å².